The molecule has 2 saturated heterocycles. The van der Waals surface area contributed by atoms with Gasteiger partial charge in [-0.15, -0.1) is 11.3 Å². The summed E-state index contributed by atoms with van der Waals surface area (Å²) in [6, 6.07) is 9.73. The van der Waals surface area contributed by atoms with Gasteiger partial charge in [0, 0.05) is 50.5 Å². The molecule has 5 nitrogen and oxygen atoms in total. The number of benzene rings is 1. The van der Waals surface area contributed by atoms with E-state index in [0.29, 0.717) is 21.7 Å². The van der Waals surface area contributed by atoms with Crippen LogP contribution in [0.5, 0.6) is 0 Å². The molecule has 0 saturated carbocycles. The largest absolute Gasteiger partial charge is 0.342 e. The number of fused-ring (bicyclic) bond motifs is 1. The summed E-state index contributed by atoms with van der Waals surface area (Å²) in [6.45, 7) is 4.58. The summed E-state index contributed by atoms with van der Waals surface area (Å²) >= 11 is 1.34. The Bertz CT molecular complexity index is 883. The second-order valence-electron chi connectivity index (χ2n) is 6.80. The first-order valence-electron chi connectivity index (χ1n) is 8.68. The van der Waals surface area contributed by atoms with Crippen molar-refractivity contribution in [2.24, 2.45) is 11.8 Å². The Labute approximate surface area is 156 Å². The van der Waals surface area contributed by atoms with E-state index in [0.717, 1.165) is 31.7 Å². The lowest BCUT2D eigenvalue weighted by Crippen LogP contribution is -2.34. The van der Waals surface area contributed by atoms with Crippen LogP contribution < -0.4 is 0 Å². The van der Waals surface area contributed by atoms with Crippen molar-refractivity contribution in [3.8, 4) is 11.8 Å². The van der Waals surface area contributed by atoms with Crippen molar-refractivity contribution in [1.29, 1.82) is 0 Å². The van der Waals surface area contributed by atoms with Gasteiger partial charge in [-0.3, -0.25) is 9.59 Å². The van der Waals surface area contributed by atoms with Crippen LogP contribution in [0.3, 0.4) is 0 Å². The molecule has 2 aliphatic rings. The molecule has 2 fully saturated rings. The Morgan fingerprint density at radius 1 is 1.04 bits per heavy atom. The molecule has 132 valence electrons. The van der Waals surface area contributed by atoms with Crippen molar-refractivity contribution >= 4 is 23.2 Å². The van der Waals surface area contributed by atoms with Gasteiger partial charge < -0.3 is 9.80 Å². The van der Waals surface area contributed by atoms with Gasteiger partial charge in [0.05, 0.1) is 6.20 Å². The highest BCUT2D eigenvalue weighted by Crippen LogP contribution is 2.32. The third-order valence-corrected chi connectivity index (χ3v) is 5.92. The van der Waals surface area contributed by atoms with Crippen LogP contribution in [0.4, 0.5) is 0 Å². The molecule has 4 rings (SSSR count). The Kier molecular flexibility index (Phi) is 4.48. The predicted molar refractivity (Wildman–Crippen MR) is 99.7 cm³/mol. The predicted octanol–water partition coefficient (Wildman–Crippen LogP) is 2.09. The maximum absolute atomic E-state index is 12.7. The van der Waals surface area contributed by atoms with E-state index in [1.165, 1.54) is 11.3 Å². The smallest absolute Gasteiger partial charge is 0.265 e. The molecule has 2 atom stereocenters. The van der Waals surface area contributed by atoms with Crippen LogP contribution in [0.25, 0.3) is 0 Å². The fraction of sp³-hybridized carbons (Fsp3) is 0.350. The van der Waals surface area contributed by atoms with Gasteiger partial charge in [0.15, 0.2) is 5.01 Å². The van der Waals surface area contributed by atoms with Gasteiger partial charge in [0.1, 0.15) is 4.88 Å². The van der Waals surface area contributed by atoms with Crippen molar-refractivity contribution < 1.29 is 9.59 Å². The lowest BCUT2D eigenvalue weighted by molar-refractivity contribution is -0.128. The molecule has 0 bridgehead atoms. The van der Waals surface area contributed by atoms with Crippen LogP contribution in [0.2, 0.25) is 0 Å². The number of hydrogen-bond donors (Lipinski definition) is 0. The van der Waals surface area contributed by atoms with E-state index in [-0.39, 0.29) is 11.8 Å². The lowest BCUT2D eigenvalue weighted by Gasteiger charge is -2.20. The molecule has 3 heterocycles. The van der Waals surface area contributed by atoms with Crippen LogP contribution in [0, 0.1) is 23.7 Å². The molecule has 6 heteroatoms. The van der Waals surface area contributed by atoms with E-state index in [1.54, 1.807) is 13.1 Å². The van der Waals surface area contributed by atoms with Crippen molar-refractivity contribution in [2.45, 2.75) is 6.92 Å². The summed E-state index contributed by atoms with van der Waals surface area (Å²) in [6.07, 6.45) is 1.62. The summed E-state index contributed by atoms with van der Waals surface area (Å²) in [4.78, 5) is 32.9. The summed E-state index contributed by atoms with van der Waals surface area (Å²) in [5, 5.41) is 0.652. The molecule has 2 unspecified atom stereocenters. The van der Waals surface area contributed by atoms with E-state index in [2.05, 4.69) is 16.8 Å². The number of carbonyl (C=O) groups excluding carboxylic acids is 2. The molecule has 2 aliphatic heterocycles. The summed E-state index contributed by atoms with van der Waals surface area (Å²) < 4.78 is 0. The number of thiazole rings is 1. The number of rotatable bonds is 1. The van der Waals surface area contributed by atoms with Crippen LogP contribution in [0.15, 0.2) is 36.5 Å². The molecular formula is C20H19N3O2S. The maximum Gasteiger partial charge on any atom is 0.265 e. The molecule has 26 heavy (non-hydrogen) atoms. The fourth-order valence-corrected chi connectivity index (χ4v) is 4.39. The van der Waals surface area contributed by atoms with Gasteiger partial charge in [0.25, 0.3) is 5.91 Å². The Balaban J connectivity index is 1.41. The Morgan fingerprint density at radius 3 is 2.35 bits per heavy atom. The lowest BCUT2D eigenvalue weighted by atomic mass is 10.0. The number of amides is 2. The van der Waals surface area contributed by atoms with Crippen molar-refractivity contribution in [2.75, 3.05) is 26.2 Å². The highest BCUT2D eigenvalue weighted by atomic mass is 32.1. The maximum atomic E-state index is 12.7. The van der Waals surface area contributed by atoms with E-state index in [1.807, 2.05) is 40.1 Å². The van der Waals surface area contributed by atoms with Gasteiger partial charge in [-0.05, 0) is 18.1 Å². The first-order chi connectivity index (χ1) is 12.6. The van der Waals surface area contributed by atoms with Crippen LogP contribution in [0.1, 0.15) is 27.2 Å². The van der Waals surface area contributed by atoms with Crippen LogP contribution in [-0.4, -0.2) is 52.8 Å². The van der Waals surface area contributed by atoms with Crippen molar-refractivity contribution in [3.05, 3.63) is 52.0 Å². The fourth-order valence-electron chi connectivity index (χ4n) is 3.65. The molecule has 0 N–H and O–H groups in total. The summed E-state index contributed by atoms with van der Waals surface area (Å²) in [5.41, 5.74) is 0.929. The second kappa shape index (κ2) is 6.93. The molecule has 0 radical (unpaired) electrons. The standard InChI is InChI=1S/C20H19N3O2S/c1-14(24)22-10-16-12-23(13-17(16)11-22)20(25)18-9-21-19(26-18)8-7-15-5-3-2-4-6-15/h2-6,9,16-17H,10-13H2,1H3. The Hall–Kier alpha value is -2.65. The molecule has 1 aromatic carbocycles. The first-order valence-corrected chi connectivity index (χ1v) is 9.49. The van der Waals surface area contributed by atoms with Gasteiger partial charge in [-0.1, -0.05) is 24.1 Å². The SMILES string of the molecule is CC(=O)N1CC2CN(C(=O)c3cnc(C#Cc4ccccc4)s3)CC2C1. The molecule has 2 aromatic rings. The van der Waals surface area contributed by atoms with E-state index < -0.39 is 0 Å². The molecule has 0 aliphatic carbocycles. The van der Waals surface area contributed by atoms with Gasteiger partial charge >= 0.3 is 0 Å². The second-order valence-corrected chi connectivity index (χ2v) is 7.83. The average molecular weight is 365 g/mol. The minimum atomic E-state index is 0.0269. The van der Waals surface area contributed by atoms with Crippen LogP contribution in [-0.2, 0) is 4.79 Å². The normalized spacial score (nSPS) is 21.3. The summed E-state index contributed by atoms with van der Waals surface area (Å²) in [7, 11) is 0. The first kappa shape index (κ1) is 16.8. The minimum Gasteiger partial charge on any atom is -0.342 e. The van der Waals surface area contributed by atoms with Crippen molar-refractivity contribution in [1.82, 2.24) is 14.8 Å². The third kappa shape index (κ3) is 3.35. The average Bonchev–Trinajstić information content (AvgIpc) is 3.34. The highest BCUT2D eigenvalue weighted by Gasteiger charge is 2.42. The monoisotopic (exact) mass is 365 g/mol. The van der Waals surface area contributed by atoms with Gasteiger partial charge in [-0.2, -0.15) is 0 Å². The van der Waals surface area contributed by atoms with E-state index >= 15 is 0 Å². The minimum absolute atomic E-state index is 0.0269. The molecular weight excluding hydrogens is 346 g/mol. The topological polar surface area (TPSA) is 53.5 Å². The molecule has 1 aromatic heterocycles. The van der Waals surface area contributed by atoms with E-state index in [4.69, 9.17) is 0 Å². The van der Waals surface area contributed by atoms with Gasteiger partial charge in [0.2, 0.25) is 5.91 Å². The zero-order valence-electron chi connectivity index (χ0n) is 14.5. The van der Waals surface area contributed by atoms with Gasteiger partial charge in [-0.25, -0.2) is 4.98 Å². The molecule has 0 spiro atoms. The van der Waals surface area contributed by atoms with Crippen molar-refractivity contribution in [3.63, 3.8) is 0 Å². The number of hydrogen-bond acceptors (Lipinski definition) is 4. The zero-order chi connectivity index (χ0) is 18.1. The Morgan fingerprint density at radius 2 is 1.69 bits per heavy atom. The zero-order valence-corrected chi connectivity index (χ0v) is 15.3. The third-order valence-electron chi connectivity index (χ3n) is 5.02. The quantitative estimate of drug-likeness (QED) is 0.727. The summed E-state index contributed by atoms with van der Waals surface area (Å²) in [5.74, 6) is 7.04. The number of likely N-dealkylation sites (tertiary alicyclic amines) is 2. The molecule has 2 amide bonds. The van der Waals surface area contributed by atoms with Crippen LogP contribution >= 0.6 is 11.3 Å². The number of nitrogens with zero attached hydrogens (tertiary/aromatic N) is 3. The number of aromatic nitrogens is 1. The number of carbonyl (C=O) groups is 2. The highest BCUT2D eigenvalue weighted by molar-refractivity contribution is 7.14. The van der Waals surface area contributed by atoms with E-state index in [9.17, 15) is 9.59 Å².